The van der Waals surface area contributed by atoms with Crippen molar-refractivity contribution >= 4 is 40.4 Å². The summed E-state index contributed by atoms with van der Waals surface area (Å²) in [7, 11) is 1.27. The number of hydrogen-bond acceptors (Lipinski definition) is 6. The molecule has 0 bridgehead atoms. The summed E-state index contributed by atoms with van der Waals surface area (Å²) in [5, 5.41) is 0. The van der Waals surface area contributed by atoms with Crippen LogP contribution in [0.3, 0.4) is 0 Å². The summed E-state index contributed by atoms with van der Waals surface area (Å²) in [5.74, 6) is -0.928. The number of ether oxygens (including phenoxy) is 3. The van der Waals surface area contributed by atoms with Crippen LogP contribution < -0.4 is 0 Å². The predicted octanol–water partition coefficient (Wildman–Crippen LogP) is 1.57. The topological polar surface area (TPSA) is 74.2 Å². The zero-order chi connectivity index (χ0) is 13.7. The third-order valence-corrected chi connectivity index (χ3v) is 2.70. The highest BCUT2D eigenvalue weighted by Crippen LogP contribution is 2.20. The third kappa shape index (κ3) is 3.97. The lowest BCUT2D eigenvalue weighted by atomic mass is 10.2. The molecule has 0 aromatic carbocycles. The lowest BCUT2D eigenvalue weighted by molar-refractivity contribution is -0.142. The van der Waals surface area contributed by atoms with Crippen molar-refractivity contribution in [3.8, 4) is 0 Å². The van der Waals surface area contributed by atoms with Crippen molar-refractivity contribution in [2.75, 3.05) is 7.11 Å². The van der Waals surface area contributed by atoms with Crippen LogP contribution >= 0.6 is 22.6 Å². The number of nitrogens with zero attached hydrogens (tertiary/aromatic N) is 1. The Morgan fingerprint density at radius 2 is 2.22 bits per heavy atom. The quantitative estimate of drug-likeness (QED) is 0.559. The highest BCUT2D eigenvalue weighted by atomic mass is 127. The van der Waals surface area contributed by atoms with Gasteiger partial charge in [0.05, 0.1) is 13.2 Å². The van der Waals surface area contributed by atoms with Gasteiger partial charge in [0.15, 0.2) is 6.04 Å². The molecular weight excluding hydrogens is 353 g/mol. The Labute approximate surface area is 119 Å². The van der Waals surface area contributed by atoms with E-state index in [2.05, 4.69) is 9.73 Å². The molecule has 100 valence electrons. The van der Waals surface area contributed by atoms with E-state index in [-0.39, 0.29) is 18.4 Å². The summed E-state index contributed by atoms with van der Waals surface area (Å²) in [6.45, 7) is 3.43. The van der Waals surface area contributed by atoms with Crippen LogP contribution in [0, 0.1) is 0 Å². The SMILES string of the molecule is COC(=O)[C@@H]1C/C(=C/I)OC(C(=O)OC(C)C)=N1. The van der Waals surface area contributed by atoms with E-state index in [1.807, 2.05) is 22.6 Å². The molecule has 0 unspecified atom stereocenters. The molecule has 1 rings (SSSR count). The standard InChI is InChI=1S/C11H14INO5/c1-6(2)17-11(15)9-13-8(10(14)16-3)4-7(5-12)18-9/h5-6,8H,4H2,1-3H3/b7-5-/t8-/m0/s1. The average Bonchev–Trinajstić information content (AvgIpc) is 2.36. The Morgan fingerprint density at radius 3 is 2.72 bits per heavy atom. The van der Waals surface area contributed by atoms with Crippen molar-refractivity contribution < 1.29 is 23.8 Å². The number of carbonyl (C=O) groups excluding carboxylic acids is 2. The molecule has 0 amide bonds. The molecule has 0 aromatic rings. The highest BCUT2D eigenvalue weighted by molar-refractivity contribution is 14.1. The lowest BCUT2D eigenvalue weighted by Crippen LogP contribution is -2.33. The van der Waals surface area contributed by atoms with Gasteiger partial charge in [-0.15, -0.1) is 0 Å². The second-order valence-electron chi connectivity index (χ2n) is 3.81. The summed E-state index contributed by atoms with van der Waals surface area (Å²) >= 11 is 1.96. The van der Waals surface area contributed by atoms with Gasteiger partial charge in [-0.25, -0.2) is 14.6 Å². The van der Waals surface area contributed by atoms with E-state index in [1.54, 1.807) is 17.9 Å². The number of methoxy groups -OCH3 is 1. The molecular formula is C11H14INO5. The van der Waals surface area contributed by atoms with Gasteiger partial charge in [0.2, 0.25) is 0 Å². The van der Waals surface area contributed by atoms with Crippen molar-refractivity contribution in [1.29, 1.82) is 0 Å². The molecule has 0 radical (unpaired) electrons. The second kappa shape index (κ2) is 6.72. The first-order valence-electron chi connectivity index (χ1n) is 5.31. The predicted molar refractivity (Wildman–Crippen MR) is 72.3 cm³/mol. The zero-order valence-electron chi connectivity index (χ0n) is 10.3. The fourth-order valence-electron chi connectivity index (χ4n) is 1.27. The molecule has 0 N–H and O–H groups in total. The van der Waals surface area contributed by atoms with E-state index in [0.29, 0.717) is 5.76 Å². The maximum Gasteiger partial charge on any atom is 0.394 e. The Balaban J connectivity index is 2.91. The summed E-state index contributed by atoms with van der Waals surface area (Å²) in [5.41, 5.74) is 0. The van der Waals surface area contributed by atoms with Crippen LogP contribution in [-0.4, -0.2) is 37.1 Å². The van der Waals surface area contributed by atoms with Gasteiger partial charge in [0, 0.05) is 10.5 Å². The molecule has 1 aliphatic rings. The van der Waals surface area contributed by atoms with Crippen LogP contribution in [0.2, 0.25) is 0 Å². The Kier molecular flexibility index (Phi) is 5.57. The highest BCUT2D eigenvalue weighted by Gasteiger charge is 2.31. The van der Waals surface area contributed by atoms with Crippen molar-refractivity contribution in [3.05, 3.63) is 9.84 Å². The largest absolute Gasteiger partial charge is 0.467 e. The fraction of sp³-hybridized carbons (Fsp3) is 0.545. The summed E-state index contributed by atoms with van der Waals surface area (Å²) < 4.78 is 16.5. The van der Waals surface area contributed by atoms with Crippen molar-refractivity contribution in [2.24, 2.45) is 4.99 Å². The van der Waals surface area contributed by atoms with E-state index in [9.17, 15) is 9.59 Å². The van der Waals surface area contributed by atoms with Gasteiger partial charge in [-0.2, -0.15) is 0 Å². The second-order valence-corrected chi connectivity index (χ2v) is 4.43. The first-order chi connectivity index (χ1) is 8.47. The minimum atomic E-state index is -0.764. The van der Waals surface area contributed by atoms with Crippen molar-refractivity contribution in [2.45, 2.75) is 32.4 Å². The van der Waals surface area contributed by atoms with E-state index in [4.69, 9.17) is 9.47 Å². The van der Waals surface area contributed by atoms with Crippen LogP contribution in [-0.2, 0) is 23.8 Å². The number of carbonyl (C=O) groups is 2. The van der Waals surface area contributed by atoms with Crippen molar-refractivity contribution in [1.82, 2.24) is 0 Å². The molecule has 6 nitrogen and oxygen atoms in total. The van der Waals surface area contributed by atoms with E-state index in [0.717, 1.165) is 0 Å². The molecule has 1 heterocycles. The molecule has 0 saturated heterocycles. The van der Waals surface area contributed by atoms with Crippen LogP contribution in [0.4, 0.5) is 0 Å². The number of hydrogen-bond donors (Lipinski definition) is 0. The van der Waals surface area contributed by atoms with Gasteiger partial charge in [-0.3, -0.25) is 0 Å². The molecule has 18 heavy (non-hydrogen) atoms. The molecule has 0 spiro atoms. The molecule has 0 aliphatic carbocycles. The minimum absolute atomic E-state index is 0.215. The Hall–Kier alpha value is -1.12. The number of rotatable bonds is 3. The van der Waals surface area contributed by atoms with Gasteiger partial charge < -0.3 is 14.2 Å². The summed E-state index contributed by atoms with van der Waals surface area (Å²) in [4.78, 5) is 27.0. The van der Waals surface area contributed by atoms with Gasteiger partial charge >= 0.3 is 17.8 Å². The first-order valence-corrected chi connectivity index (χ1v) is 6.56. The number of esters is 2. The van der Waals surface area contributed by atoms with E-state index >= 15 is 0 Å². The van der Waals surface area contributed by atoms with Crippen LogP contribution in [0.5, 0.6) is 0 Å². The van der Waals surface area contributed by atoms with Crippen LogP contribution in [0.25, 0.3) is 0 Å². The van der Waals surface area contributed by atoms with Crippen molar-refractivity contribution in [3.63, 3.8) is 0 Å². The van der Waals surface area contributed by atoms with Gasteiger partial charge in [0.1, 0.15) is 5.76 Å². The third-order valence-electron chi connectivity index (χ3n) is 2.01. The zero-order valence-corrected chi connectivity index (χ0v) is 12.5. The number of halogens is 1. The smallest absolute Gasteiger partial charge is 0.394 e. The average molecular weight is 367 g/mol. The monoisotopic (exact) mass is 367 g/mol. The Bertz CT molecular complexity index is 402. The molecule has 0 saturated carbocycles. The van der Waals surface area contributed by atoms with Crippen LogP contribution in [0.15, 0.2) is 14.8 Å². The lowest BCUT2D eigenvalue weighted by Gasteiger charge is -2.20. The molecule has 7 heteroatoms. The van der Waals surface area contributed by atoms with Gasteiger partial charge in [-0.1, -0.05) is 0 Å². The maximum atomic E-state index is 11.7. The van der Waals surface area contributed by atoms with E-state index in [1.165, 1.54) is 7.11 Å². The molecule has 1 atom stereocenters. The first kappa shape index (κ1) is 14.9. The molecule has 0 aromatic heterocycles. The molecule has 1 aliphatic heterocycles. The normalized spacial score (nSPS) is 21.3. The molecule has 0 fully saturated rings. The Morgan fingerprint density at radius 1 is 1.56 bits per heavy atom. The van der Waals surface area contributed by atoms with Gasteiger partial charge in [0.25, 0.3) is 0 Å². The van der Waals surface area contributed by atoms with Gasteiger partial charge in [-0.05, 0) is 36.4 Å². The fourth-order valence-corrected chi connectivity index (χ4v) is 1.65. The van der Waals surface area contributed by atoms with Crippen LogP contribution in [0.1, 0.15) is 20.3 Å². The minimum Gasteiger partial charge on any atom is -0.467 e. The van der Waals surface area contributed by atoms with E-state index < -0.39 is 18.0 Å². The maximum absolute atomic E-state index is 11.7. The summed E-state index contributed by atoms with van der Waals surface area (Å²) in [6, 6.07) is -0.764. The summed E-state index contributed by atoms with van der Waals surface area (Å²) in [6.07, 6.45) is -0.0111. The number of aliphatic imine (C=N–C) groups is 1.